The normalized spacial score (nSPS) is 9.50. The van der Waals surface area contributed by atoms with Gasteiger partial charge in [0, 0.05) is 12.6 Å². The van der Waals surface area contributed by atoms with Crippen LogP contribution in [-0.4, -0.2) is 18.0 Å². The lowest BCUT2D eigenvalue weighted by Crippen LogP contribution is -1.86. The van der Waals surface area contributed by atoms with Gasteiger partial charge in [0.25, 0.3) is 0 Å². The Labute approximate surface area is 48.3 Å². The summed E-state index contributed by atoms with van der Waals surface area (Å²) in [4.78, 5) is 0. The highest BCUT2D eigenvalue weighted by Crippen LogP contribution is 1.76. The summed E-state index contributed by atoms with van der Waals surface area (Å²) in [5.41, 5.74) is 0. The van der Waals surface area contributed by atoms with Gasteiger partial charge >= 0.3 is 0 Å². The molecule has 0 amide bonds. The SMILES string of the molecule is C=COCC/C=N/O. The van der Waals surface area contributed by atoms with Crippen molar-refractivity contribution in [2.24, 2.45) is 5.16 Å². The molecule has 0 aliphatic heterocycles. The van der Waals surface area contributed by atoms with Crippen LogP contribution in [-0.2, 0) is 4.74 Å². The van der Waals surface area contributed by atoms with Crippen LogP contribution in [0.4, 0.5) is 0 Å². The van der Waals surface area contributed by atoms with E-state index in [2.05, 4.69) is 11.7 Å². The lowest BCUT2D eigenvalue weighted by atomic mass is 10.5. The van der Waals surface area contributed by atoms with Crippen LogP contribution >= 0.6 is 0 Å². The molecule has 0 aromatic heterocycles. The standard InChI is InChI=1S/C5H9NO2/c1-2-8-5-3-4-6-7/h2,4,7H,1,3,5H2/b6-4+. The topological polar surface area (TPSA) is 41.8 Å². The zero-order valence-electron chi connectivity index (χ0n) is 4.58. The first kappa shape index (κ1) is 7.01. The predicted molar refractivity (Wildman–Crippen MR) is 31.0 cm³/mol. The van der Waals surface area contributed by atoms with E-state index in [1.165, 1.54) is 12.5 Å². The Balaban J connectivity index is 2.82. The van der Waals surface area contributed by atoms with E-state index in [1.54, 1.807) is 0 Å². The maximum Gasteiger partial charge on any atom is 0.0923 e. The average molecular weight is 115 g/mol. The van der Waals surface area contributed by atoms with Crippen molar-refractivity contribution in [1.82, 2.24) is 0 Å². The molecule has 46 valence electrons. The summed E-state index contributed by atoms with van der Waals surface area (Å²) in [5.74, 6) is 0. The second kappa shape index (κ2) is 6.01. The van der Waals surface area contributed by atoms with Gasteiger partial charge in [-0.1, -0.05) is 6.58 Å². The van der Waals surface area contributed by atoms with E-state index in [9.17, 15) is 0 Å². The van der Waals surface area contributed by atoms with Gasteiger partial charge in [-0.05, 0) is 0 Å². The third-order valence-corrected chi connectivity index (χ3v) is 0.564. The molecule has 0 fully saturated rings. The van der Waals surface area contributed by atoms with E-state index >= 15 is 0 Å². The van der Waals surface area contributed by atoms with E-state index in [0.29, 0.717) is 13.0 Å². The summed E-state index contributed by atoms with van der Waals surface area (Å²) < 4.78 is 4.70. The third-order valence-electron chi connectivity index (χ3n) is 0.564. The van der Waals surface area contributed by atoms with Gasteiger partial charge in [-0.3, -0.25) is 0 Å². The largest absolute Gasteiger partial charge is 0.501 e. The highest BCUT2D eigenvalue weighted by Gasteiger charge is 1.76. The van der Waals surface area contributed by atoms with Crippen molar-refractivity contribution in [3.8, 4) is 0 Å². The molecule has 0 aliphatic rings. The smallest absolute Gasteiger partial charge is 0.0923 e. The molecule has 0 saturated carbocycles. The lowest BCUT2D eigenvalue weighted by Gasteiger charge is -1.91. The average Bonchev–Trinajstić information content (AvgIpc) is 1.81. The molecule has 0 atom stereocenters. The van der Waals surface area contributed by atoms with Gasteiger partial charge in [-0.2, -0.15) is 0 Å². The maximum absolute atomic E-state index is 7.85. The first-order valence-corrected chi connectivity index (χ1v) is 2.30. The van der Waals surface area contributed by atoms with Crippen LogP contribution in [0, 0.1) is 0 Å². The molecule has 0 aromatic rings. The summed E-state index contributed by atoms with van der Waals surface area (Å²) in [6.07, 6.45) is 3.33. The highest BCUT2D eigenvalue weighted by molar-refractivity contribution is 5.56. The van der Waals surface area contributed by atoms with Crippen LogP contribution in [0.5, 0.6) is 0 Å². The van der Waals surface area contributed by atoms with Crippen LogP contribution < -0.4 is 0 Å². The van der Waals surface area contributed by atoms with Crippen LogP contribution in [0.15, 0.2) is 18.0 Å². The summed E-state index contributed by atoms with van der Waals surface area (Å²) in [6, 6.07) is 0. The van der Waals surface area contributed by atoms with Gasteiger partial charge < -0.3 is 9.94 Å². The quantitative estimate of drug-likeness (QED) is 0.195. The number of hydrogen-bond donors (Lipinski definition) is 1. The molecule has 0 rings (SSSR count). The van der Waals surface area contributed by atoms with E-state index in [-0.39, 0.29) is 0 Å². The maximum atomic E-state index is 7.85. The molecule has 0 saturated heterocycles. The van der Waals surface area contributed by atoms with E-state index in [1.807, 2.05) is 0 Å². The summed E-state index contributed by atoms with van der Waals surface area (Å²) in [5, 5.41) is 10.6. The van der Waals surface area contributed by atoms with Crippen LogP contribution in [0.3, 0.4) is 0 Å². The minimum absolute atomic E-state index is 0.521. The fourth-order valence-corrected chi connectivity index (χ4v) is 0.262. The van der Waals surface area contributed by atoms with Crippen molar-refractivity contribution in [2.75, 3.05) is 6.61 Å². The molecule has 0 aliphatic carbocycles. The van der Waals surface area contributed by atoms with Crippen molar-refractivity contribution in [1.29, 1.82) is 0 Å². The highest BCUT2D eigenvalue weighted by atomic mass is 16.5. The fourth-order valence-electron chi connectivity index (χ4n) is 0.262. The number of nitrogens with zero attached hydrogens (tertiary/aromatic N) is 1. The van der Waals surface area contributed by atoms with Gasteiger partial charge in [-0.15, -0.1) is 5.16 Å². The first-order chi connectivity index (χ1) is 3.91. The fraction of sp³-hybridized carbons (Fsp3) is 0.400. The van der Waals surface area contributed by atoms with Gasteiger partial charge in [0.05, 0.1) is 12.9 Å². The molecule has 3 heteroatoms. The molecule has 8 heavy (non-hydrogen) atoms. The molecule has 0 spiro atoms. The Morgan fingerprint density at radius 3 is 3.00 bits per heavy atom. The Morgan fingerprint density at radius 2 is 2.50 bits per heavy atom. The predicted octanol–water partition coefficient (Wildman–Crippen LogP) is 0.997. The number of ether oxygens (including phenoxy) is 1. The first-order valence-electron chi connectivity index (χ1n) is 2.30. The zero-order valence-corrected chi connectivity index (χ0v) is 4.58. The zero-order chi connectivity index (χ0) is 6.24. The molecule has 0 radical (unpaired) electrons. The molecule has 3 nitrogen and oxygen atoms in total. The lowest BCUT2D eigenvalue weighted by molar-refractivity contribution is 0.259. The van der Waals surface area contributed by atoms with Gasteiger partial charge in [-0.25, -0.2) is 0 Å². The van der Waals surface area contributed by atoms with E-state index in [0.717, 1.165) is 0 Å². The second-order valence-corrected chi connectivity index (χ2v) is 1.12. The second-order valence-electron chi connectivity index (χ2n) is 1.12. The van der Waals surface area contributed by atoms with E-state index in [4.69, 9.17) is 9.94 Å². The third kappa shape index (κ3) is 5.01. The number of rotatable bonds is 4. The van der Waals surface area contributed by atoms with E-state index < -0.39 is 0 Å². The summed E-state index contributed by atoms with van der Waals surface area (Å²) >= 11 is 0. The van der Waals surface area contributed by atoms with Gasteiger partial charge in [0.2, 0.25) is 0 Å². The summed E-state index contributed by atoms with van der Waals surface area (Å²) in [7, 11) is 0. The summed E-state index contributed by atoms with van der Waals surface area (Å²) in [6.45, 7) is 3.85. The van der Waals surface area contributed by atoms with Gasteiger partial charge in [0.15, 0.2) is 0 Å². The molecule has 0 bridgehead atoms. The Kier molecular flexibility index (Phi) is 5.27. The van der Waals surface area contributed by atoms with Crippen molar-refractivity contribution < 1.29 is 9.94 Å². The minimum Gasteiger partial charge on any atom is -0.501 e. The van der Waals surface area contributed by atoms with Crippen LogP contribution in [0.2, 0.25) is 0 Å². The minimum atomic E-state index is 0.521. The number of hydrogen-bond acceptors (Lipinski definition) is 3. The molecule has 0 aromatic carbocycles. The Morgan fingerprint density at radius 1 is 1.75 bits per heavy atom. The number of oxime groups is 1. The molecule has 0 heterocycles. The monoisotopic (exact) mass is 115 g/mol. The van der Waals surface area contributed by atoms with Crippen molar-refractivity contribution in [3.05, 3.63) is 12.8 Å². The van der Waals surface area contributed by atoms with Crippen LogP contribution in [0.25, 0.3) is 0 Å². The molecular weight excluding hydrogens is 106 g/mol. The molecular formula is C5H9NO2. The Bertz CT molecular complexity index is 80.5. The molecule has 1 N–H and O–H groups in total. The van der Waals surface area contributed by atoms with Gasteiger partial charge in [0.1, 0.15) is 0 Å². The van der Waals surface area contributed by atoms with Crippen LogP contribution in [0.1, 0.15) is 6.42 Å². The van der Waals surface area contributed by atoms with Crippen molar-refractivity contribution in [2.45, 2.75) is 6.42 Å². The van der Waals surface area contributed by atoms with Crippen molar-refractivity contribution in [3.63, 3.8) is 0 Å². The molecule has 0 unspecified atom stereocenters. The Hall–Kier alpha value is -0.990. The van der Waals surface area contributed by atoms with Crippen molar-refractivity contribution >= 4 is 6.21 Å².